The van der Waals surface area contributed by atoms with Gasteiger partial charge in [-0.15, -0.1) is 11.3 Å². The molecule has 5 nitrogen and oxygen atoms in total. The first-order chi connectivity index (χ1) is 12.3. The van der Waals surface area contributed by atoms with E-state index in [-0.39, 0.29) is 23.7 Å². The summed E-state index contributed by atoms with van der Waals surface area (Å²) in [6.45, 7) is 9.39. The fraction of sp³-hybridized carbons (Fsp3) is 0.500. The summed E-state index contributed by atoms with van der Waals surface area (Å²) >= 11 is 1.65. The van der Waals surface area contributed by atoms with Gasteiger partial charge in [0.15, 0.2) is 0 Å². The number of ether oxygens (including phenoxy) is 1. The molecule has 3 rings (SSSR count). The smallest absolute Gasteiger partial charge is 0.237 e. The zero-order chi connectivity index (χ0) is 18.7. The second-order valence-electron chi connectivity index (χ2n) is 7.73. The summed E-state index contributed by atoms with van der Waals surface area (Å²) in [7, 11) is 0. The van der Waals surface area contributed by atoms with Crippen molar-refractivity contribution >= 4 is 17.2 Å². The summed E-state index contributed by atoms with van der Waals surface area (Å²) in [4.78, 5) is 17.9. The number of hydrogen-bond donors (Lipinski definition) is 2. The lowest BCUT2D eigenvalue weighted by atomic mass is 10.1. The van der Waals surface area contributed by atoms with E-state index in [1.807, 2.05) is 33.2 Å². The van der Waals surface area contributed by atoms with Gasteiger partial charge in [0, 0.05) is 13.1 Å². The number of aryl methyl sites for hydroxylation is 1. The Hall–Kier alpha value is -1.76. The summed E-state index contributed by atoms with van der Waals surface area (Å²) in [5.74, 6) is 0.0346. The Balaban J connectivity index is 1.50. The zero-order valence-electron chi connectivity index (χ0n) is 15.8. The van der Waals surface area contributed by atoms with E-state index in [9.17, 15) is 4.79 Å². The molecule has 26 heavy (non-hydrogen) atoms. The van der Waals surface area contributed by atoms with Crippen molar-refractivity contribution in [1.29, 1.82) is 0 Å². The van der Waals surface area contributed by atoms with Crippen molar-refractivity contribution in [2.45, 2.75) is 58.4 Å². The van der Waals surface area contributed by atoms with Crippen LogP contribution in [0.5, 0.6) is 0 Å². The average molecular weight is 374 g/mol. The van der Waals surface area contributed by atoms with Crippen LogP contribution in [0.15, 0.2) is 29.8 Å². The molecule has 6 heteroatoms. The number of nitrogens with zero attached hydrogens (tertiary/aromatic N) is 1. The van der Waals surface area contributed by atoms with Crippen molar-refractivity contribution in [3.05, 3.63) is 41.0 Å². The van der Waals surface area contributed by atoms with Gasteiger partial charge in [-0.1, -0.05) is 24.3 Å². The molecule has 140 valence electrons. The van der Waals surface area contributed by atoms with Gasteiger partial charge < -0.3 is 15.4 Å². The SMILES string of the molecule is Cc1ncsc1-c1ccc(CNC(=O)[C@@H]2C[C@H](OC(C)(C)C)CN2)cc1. The Morgan fingerprint density at radius 3 is 2.69 bits per heavy atom. The topological polar surface area (TPSA) is 63.2 Å². The Kier molecular flexibility index (Phi) is 5.75. The molecule has 0 saturated carbocycles. The molecular formula is C20H27N3O2S. The number of thiazole rings is 1. The van der Waals surface area contributed by atoms with Crippen LogP contribution in [-0.4, -0.2) is 35.2 Å². The number of benzene rings is 1. The quantitative estimate of drug-likeness (QED) is 0.844. The fourth-order valence-electron chi connectivity index (χ4n) is 3.16. The molecule has 2 N–H and O–H groups in total. The Bertz CT molecular complexity index is 749. The third kappa shape index (κ3) is 4.90. The molecule has 0 spiro atoms. The number of amides is 1. The lowest BCUT2D eigenvalue weighted by molar-refractivity contribution is -0.123. The van der Waals surface area contributed by atoms with Crippen LogP contribution >= 0.6 is 11.3 Å². The highest BCUT2D eigenvalue weighted by Gasteiger charge is 2.32. The van der Waals surface area contributed by atoms with Crippen molar-refractivity contribution in [3.8, 4) is 10.4 Å². The van der Waals surface area contributed by atoms with Crippen molar-refractivity contribution in [3.63, 3.8) is 0 Å². The minimum absolute atomic E-state index is 0.0346. The summed E-state index contributed by atoms with van der Waals surface area (Å²) in [5, 5.41) is 6.28. The maximum atomic E-state index is 12.4. The first-order valence-corrected chi connectivity index (χ1v) is 9.88. The van der Waals surface area contributed by atoms with Gasteiger partial charge in [0.1, 0.15) is 0 Å². The number of rotatable bonds is 5. The minimum Gasteiger partial charge on any atom is -0.371 e. The van der Waals surface area contributed by atoms with E-state index in [1.54, 1.807) is 11.3 Å². The van der Waals surface area contributed by atoms with Crippen LogP contribution < -0.4 is 10.6 Å². The normalized spacial score (nSPS) is 20.3. The van der Waals surface area contributed by atoms with E-state index in [2.05, 4.69) is 39.9 Å². The molecule has 1 amide bonds. The first-order valence-electron chi connectivity index (χ1n) is 9.00. The van der Waals surface area contributed by atoms with Crippen molar-refractivity contribution in [1.82, 2.24) is 15.6 Å². The molecule has 1 aromatic heterocycles. The zero-order valence-corrected chi connectivity index (χ0v) is 16.7. The summed E-state index contributed by atoms with van der Waals surface area (Å²) in [5.41, 5.74) is 4.99. The number of aromatic nitrogens is 1. The molecule has 1 aromatic carbocycles. The molecule has 1 aliphatic rings. The molecule has 1 fully saturated rings. The van der Waals surface area contributed by atoms with Gasteiger partial charge in [-0.2, -0.15) is 0 Å². The van der Waals surface area contributed by atoms with Crippen LogP contribution in [0.25, 0.3) is 10.4 Å². The van der Waals surface area contributed by atoms with Crippen LogP contribution in [0.4, 0.5) is 0 Å². The highest BCUT2D eigenvalue weighted by atomic mass is 32.1. The Morgan fingerprint density at radius 2 is 2.08 bits per heavy atom. The predicted molar refractivity (Wildman–Crippen MR) is 105 cm³/mol. The summed E-state index contributed by atoms with van der Waals surface area (Å²) in [6.07, 6.45) is 0.805. The van der Waals surface area contributed by atoms with Crippen LogP contribution in [0.2, 0.25) is 0 Å². The van der Waals surface area contributed by atoms with Gasteiger partial charge in [-0.25, -0.2) is 4.98 Å². The first kappa shape index (κ1) is 19.0. The average Bonchev–Trinajstić information content (AvgIpc) is 3.21. The van der Waals surface area contributed by atoms with Crippen molar-refractivity contribution in [2.24, 2.45) is 0 Å². The third-order valence-corrected chi connectivity index (χ3v) is 5.33. The number of carbonyl (C=O) groups excluding carboxylic acids is 1. The van der Waals surface area contributed by atoms with Crippen molar-refractivity contribution in [2.75, 3.05) is 6.54 Å². The second-order valence-corrected chi connectivity index (χ2v) is 8.59. The standard InChI is InChI=1S/C20H27N3O2S/c1-13-18(26-12-23-13)15-7-5-14(6-8-15)10-22-19(24)17-9-16(11-21-17)25-20(2,3)4/h5-8,12,16-17,21H,9-11H2,1-4H3,(H,22,24)/t16-,17-/m0/s1. The maximum absolute atomic E-state index is 12.4. The molecule has 2 atom stereocenters. The molecule has 0 aliphatic carbocycles. The molecule has 0 bridgehead atoms. The maximum Gasteiger partial charge on any atom is 0.237 e. The Morgan fingerprint density at radius 1 is 1.35 bits per heavy atom. The lowest BCUT2D eigenvalue weighted by Gasteiger charge is -2.24. The summed E-state index contributed by atoms with van der Waals surface area (Å²) < 4.78 is 5.95. The fourth-order valence-corrected chi connectivity index (χ4v) is 3.97. The minimum atomic E-state index is -0.185. The van der Waals surface area contributed by atoms with Crippen LogP contribution in [0.1, 0.15) is 38.4 Å². The molecule has 2 heterocycles. The highest BCUT2D eigenvalue weighted by Crippen LogP contribution is 2.27. The van der Waals surface area contributed by atoms with Gasteiger partial charge in [0.2, 0.25) is 5.91 Å². The lowest BCUT2D eigenvalue weighted by Crippen LogP contribution is -2.40. The molecule has 2 aromatic rings. The predicted octanol–water partition coefficient (Wildman–Crippen LogP) is 3.28. The molecular weight excluding hydrogens is 346 g/mol. The van der Waals surface area contributed by atoms with Gasteiger partial charge >= 0.3 is 0 Å². The molecule has 1 aliphatic heterocycles. The van der Waals surface area contributed by atoms with Gasteiger partial charge in [-0.3, -0.25) is 4.79 Å². The van der Waals surface area contributed by atoms with Gasteiger partial charge in [-0.05, 0) is 45.2 Å². The second kappa shape index (κ2) is 7.86. The van der Waals surface area contributed by atoms with Gasteiger partial charge in [0.05, 0.1) is 33.8 Å². The van der Waals surface area contributed by atoms with Crippen LogP contribution in [-0.2, 0) is 16.1 Å². The molecule has 0 unspecified atom stereocenters. The summed E-state index contributed by atoms with van der Waals surface area (Å²) in [6, 6.07) is 8.11. The third-order valence-electron chi connectivity index (χ3n) is 4.36. The number of hydrogen-bond acceptors (Lipinski definition) is 5. The number of nitrogens with one attached hydrogen (secondary N) is 2. The van der Waals surface area contributed by atoms with Crippen molar-refractivity contribution < 1.29 is 9.53 Å². The molecule has 1 saturated heterocycles. The van der Waals surface area contributed by atoms with E-state index in [1.165, 1.54) is 10.4 Å². The molecule has 0 radical (unpaired) electrons. The van der Waals surface area contributed by atoms with E-state index in [4.69, 9.17) is 4.74 Å². The Labute approximate surface area is 159 Å². The highest BCUT2D eigenvalue weighted by molar-refractivity contribution is 7.13. The van der Waals surface area contributed by atoms with Crippen LogP contribution in [0, 0.1) is 6.92 Å². The monoisotopic (exact) mass is 373 g/mol. The van der Waals surface area contributed by atoms with E-state index < -0.39 is 0 Å². The van der Waals surface area contributed by atoms with E-state index in [0.29, 0.717) is 13.0 Å². The largest absolute Gasteiger partial charge is 0.371 e. The van der Waals surface area contributed by atoms with E-state index in [0.717, 1.165) is 17.8 Å². The van der Waals surface area contributed by atoms with Crippen LogP contribution in [0.3, 0.4) is 0 Å². The van der Waals surface area contributed by atoms with E-state index >= 15 is 0 Å². The number of carbonyl (C=O) groups is 1. The van der Waals surface area contributed by atoms with Gasteiger partial charge in [0.25, 0.3) is 0 Å².